The molecule has 1 saturated heterocycles. The molecule has 0 atom stereocenters. The van der Waals surface area contributed by atoms with Crippen LogP contribution in [0.3, 0.4) is 0 Å². The number of hydrogen-bond acceptors (Lipinski definition) is 4. The molecule has 0 aliphatic carbocycles. The molecule has 0 radical (unpaired) electrons. The number of nitrogens with one attached hydrogen (secondary N) is 1. The average molecular weight is 546 g/mol. The monoisotopic (exact) mass is 545 g/mol. The molecule has 38 heavy (non-hydrogen) atoms. The number of carbonyl (C=O) groups excluding carboxylic acids is 1. The van der Waals surface area contributed by atoms with Gasteiger partial charge in [0.2, 0.25) is 0 Å². The minimum absolute atomic E-state index is 0.112. The highest BCUT2D eigenvalue weighted by atomic mass is 35.5. The summed E-state index contributed by atoms with van der Waals surface area (Å²) in [6.45, 7) is 2.61. The predicted molar refractivity (Wildman–Crippen MR) is 151 cm³/mol. The first-order valence-electron chi connectivity index (χ1n) is 12.4. The first-order valence-corrected chi connectivity index (χ1v) is 14.3. The lowest BCUT2D eigenvalue weighted by Gasteiger charge is -2.39. The highest BCUT2D eigenvalue weighted by molar-refractivity contribution is 7.92. The summed E-state index contributed by atoms with van der Waals surface area (Å²) in [5.41, 5.74) is 3.09. The number of anilines is 1. The van der Waals surface area contributed by atoms with Gasteiger partial charge in [0, 0.05) is 31.7 Å². The fourth-order valence-corrected chi connectivity index (χ4v) is 6.17. The Hall–Kier alpha value is -3.65. The fourth-order valence-electron chi connectivity index (χ4n) is 4.78. The second-order valence-corrected chi connectivity index (χ2v) is 11.3. The van der Waals surface area contributed by atoms with Crippen molar-refractivity contribution in [3.8, 4) is 0 Å². The molecular weight excluding hydrogens is 518 g/mol. The van der Waals surface area contributed by atoms with E-state index in [-0.39, 0.29) is 27.6 Å². The van der Waals surface area contributed by atoms with Gasteiger partial charge in [-0.1, -0.05) is 90.5 Å². The van der Waals surface area contributed by atoms with Crippen LogP contribution in [-0.4, -0.2) is 50.3 Å². The van der Waals surface area contributed by atoms with Gasteiger partial charge >= 0.3 is 0 Å². The minimum atomic E-state index is -3.78. The minimum Gasteiger partial charge on any atom is -0.336 e. The number of piperazine rings is 1. The van der Waals surface area contributed by atoms with Gasteiger partial charge in [0.1, 0.15) is 0 Å². The normalized spacial score (nSPS) is 14.4. The van der Waals surface area contributed by atoms with Gasteiger partial charge in [-0.3, -0.25) is 14.4 Å². The van der Waals surface area contributed by atoms with Crippen LogP contribution in [-0.2, 0) is 10.0 Å². The van der Waals surface area contributed by atoms with Crippen molar-refractivity contribution < 1.29 is 13.2 Å². The molecule has 1 amide bonds. The summed E-state index contributed by atoms with van der Waals surface area (Å²) in [5, 5.41) is 0.169. The Morgan fingerprint density at radius 3 is 1.79 bits per heavy atom. The van der Waals surface area contributed by atoms with E-state index < -0.39 is 10.0 Å². The first kappa shape index (κ1) is 26.0. The molecular formula is C30H28ClN3O3S. The van der Waals surface area contributed by atoms with Gasteiger partial charge < -0.3 is 4.90 Å². The van der Waals surface area contributed by atoms with Crippen molar-refractivity contribution in [2.75, 3.05) is 30.9 Å². The zero-order valence-electron chi connectivity index (χ0n) is 20.7. The quantitative estimate of drug-likeness (QED) is 0.324. The Kier molecular flexibility index (Phi) is 7.79. The Labute approximate surface area is 228 Å². The van der Waals surface area contributed by atoms with Crippen molar-refractivity contribution in [3.63, 3.8) is 0 Å². The van der Waals surface area contributed by atoms with Crippen LogP contribution in [0.15, 0.2) is 114 Å². The predicted octanol–water partition coefficient (Wildman–Crippen LogP) is 5.69. The zero-order valence-corrected chi connectivity index (χ0v) is 22.3. The van der Waals surface area contributed by atoms with Gasteiger partial charge in [-0.25, -0.2) is 8.42 Å². The molecule has 194 valence electrons. The molecule has 0 bridgehead atoms. The molecule has 1 N–H and O–H groups in total. The van der Waals surface area contributed by atoms with Gasteiger partial charge in [-0.15, -0.1) is 0 Å². The maximum Gasteiger partial charge on any atom is 0.261 e. The first-order chi connectivity index (χ1) is 18.4. The molecule has 4 aromatic carbocycles. The van der Waals surface area contributed by atoms with Crippen LogP contribution in [0.5, 0.6) is 0 Å². The van der Waals surface area contributed by atoms with Crippen LogP contribution < -0.4 is 4.72 Å². The van der Waals surface area contributed by atoms with Crippen LogP contribution >= 0.6 is 11.6 Å². The van der Waals surface area contributed by atoms with Crippen molar-refractivity contribution in [1.29, 1.82) is 0 Å². The maximum absolute atomic E-state index is 13.3. The second-order valence-electron chi connectivity index (χ2n) is 9.17. The molecule has 0 aromatic heterocycles. The summed E-state index contributed by atoms with van der Waals surface area (Å²) in [6.07, 6.45) is 0. The van der Waals surface area contributed by atoms with Gasteiger partial charge in [-0.2, -0.15) is 0 Å². The van der Waals surface area contributed by atoms with E-state index in [4.69, 9.17) is 11.6 Å². The van der Waals surface area contributed by atoms with E-state index in [0.29, 0.717) is 18.7 Å². The van der Waals surface area contributed by atoms with Gasteiger partial charge in [0.15, 0.2) is 0 Å². The lowest BCUT2D eigenvalue weighted by Crippen LogP contribution is -2.49. The lowest BCUT2D eigenvalue weighted by atomic mass is 9.96. The number of rotatable bonds is 7. The number of nitrogens with zero attached hydrogens (tertiary/aromatic N) is 2. The number of halogens is 1. The van der Waals surface area contributed by atoms with Crippen LogP contribution in [0.1, 0.15) is 27.5 Å². The number of amides is 1. The summed E-state index contributed by atoms with van der Waals surface area (Å²) in [4.78, 5) is 17.7. The molecule has 6 nitrogen and oxygen atoms in total. The molecule has 8 heteroatoms. The summed E-state index contributed by atoms with van der Waals surface area (Å²) >= 11 is 6.40. The Morgan fingerprint density at radius 2 is 1.26 bits per heavy atom. The largest absolute Gasteiger partial charge is 0.336 e. The summed E-state index contributed by atoms with van der Waals surface area (Å²) in [5.74, 6) is -0.125. The third-order valence-corrected chi connectivity index (χ3v) is 8.41. The fraction of sp³-hybridized carbons (Fsp3) is 0.167. The van der Waals surface area contributed by atoms with E-state index in [0.717, 1.165) is 13.1 Å². The summed E-state index contributed by atoms with van der Waals surface area (Å²) < 4.78 is 27.8. The Morgan fingerprint density at radius 1 is 0.737 bits per heavy atom. The summed E-state index contributed by atoms with van der Waals surface area (Å²) in [6, 6.07) is 33.7. The van der Waals surface area contributed by atoms with Crippen LogP contribution in [0.4, 0.5) is 5.69 Å². The van der Waals surface area contributed by atoms with Crippen molar-refractivity contribution >= 4 is 33.2 Å². The zero-order chi connectivity index (χ0) is 26.5. The highest BCUT2D eigenvalue weighted by Gasteiger charge is 2.29. The molecule has 4 aromatic rings. The van der Waals surface area contributed by atoms with Crippen molar-refractivity contribution in [2.45, 2.75) is 10.9 Å². The van der Waals surface area contributed by atoms with Crippen molar-refractivity contribution in [2.24, 2.45) is 0 Å². The van der Waals surface area contributed by atoms with Crippen LogP contribution in [0.2, 0.25) is 5.02 Å². The molecule has 0 saturated carbocycles. The molecule has 1 aliphatic rings. The van der Waals surface area contributed by atoms with Crippen molar-refractivity contribution in [3.05, 3.63) is 131 Å². The highest BCUT2D eigenvalue weighted by Crippen LogP contribution is 2.30. The van der Waals surface area contributed by atoms with E-state index in [1.54, 1.807) is 24.3 Å². The lowest BCUT2D eigenvalue weighted by molar-refractivity contribution is 0.0597. The molecule has 1 fully saturated rings. The number of hydrogen-bond donors (Lipinski definition) is 1. The Bertz CT molecular complexity index is 1450. The molecule has 1 heterocycles. The SMILES string of the molecule is O=C(c1ccc(NS(=O)(=O)c2ccccc2)c(Cl)c1)N1CCN(C(c2ccccc2)c2ccccc2)CC1. The average Bonchev–Trinajstić information content (AvgIpc) is 2.96. The number of sulfonamides is 1. The molecule has 0 unspecified atom stereocenters. The van der Waals surface area contributed by atoms with Gasteiger partial charge in [0.25, 0.3) is 15.9 Å². The summed E-state index contributed by atoms with van der Waals surface area (Å²) in [7, 11) is -3.78. The van der Waals surface area contributed by atoms with Crippen LogP contribution in [0.25, 0.3) is 0 Å². The smallest absolute Gasteiger partial charge is 0.261 e. The van der Waals surface area contributed by atoms with Crippen molar-refractivity contribution in [1.82, 2.24) is 9.80 Å². The number of benzene rings is 4. The topological polar surface area (TPSA) is 69.7 Å². The van der Waals surface area contributed by atoms with E-state index in [2.05, 4.69) is 58.2 Å². The molecule has 0 spiro atoms. The second kappa shape index (κ2) is 11.4. The van der Waals surface area contributed by atoms with E-state index in [9.17, 15) is 13.2 Å². The van der Waals surface area contributed by atoms with E-state index in [1.807, 2.05) is 17.0 Å². The Balaban J connectivity index is 1.27. The standard InChI is InChI=1S/C30H28ClN3O3S/c31-27-22-25(16-17-28(27)32-38(36,37)26-14-8-3-9-15-26)30(35)34-20-18-33(19-21-34)29(23-10-4-1-5-11-23)24-12-6-2-7-13-24/h1-17,22,29,32H,18-21H2. The maximum atomic E-state index is 13.3. The number of carbonyl (C=O) groups is 1. The van der Waals surface area contributed by atoms with Gasteiger partial charge in [-0.05, 0) is 41.5 Å². The molecule has 1 aliphatic heterocycles. The van der Waals surface area contributed by atoms with E-state index >= 15 is 0 Å². The van der Waals surface area contributed by atoms with Crippen LogP contribution in [0, 0.1) is 0 Å². The molecule has 5 rings (SSSR count). The van der Waals surface area contributed by atoms with E-state index in [1.165, 1.54) is 35.4 Å². The third kappa shape index (κ3) is 5.75. The third-order valence-electron chi connectivity index (χ3n) is 6.71. The van der Waals surface area contributed by atoms with Gasteiger partial charge in [0.05, 0.1) is 21.6 Å².